The quantitative estimate of drug-likeness (QED) is 0.514. The second-order valence-electron chi connectivity index (χ2n) is 1.45. The van der Waals surface area contributed by atoms with Crippen LogP contribution in [0.1, 0.15) is 5.56 Å². The molecule has 1 aromatic rings. The van der Waals surface area contributed by atoms with E-state index in [4.69, 9.17) is 0 Å². The zero-order valence-electron chi connectivity index (χ0n) is 4.32. The first kappa shape index (κ1) is 5.29. The van der Waals surface area contributed by atoms with Gasteiger partial charge in [0.05, 0.1) is 0 Å². The molecule has 0 aliphatic heterocycles. The van der Waals surface area contributed by atoms with Crippen LogP contribution >= 0.6 is 0 Å². The van der Waals surface area contributed by atoms with Gasteiger partial charge in [0.2, 0.25) is 0 Å². The Bertz CT molecular complexity index is 146. The number of alkyl halides is 1. The number of rotatable bonds is 1. The SMILES string of the molecule is FCc1[c]cc[c]c1. The van der Waals surface area contributed by atoms with Crippen LogP contribution in [-0.4, -0.2) is 0 Å². The molecule has 0 atom stereocenters. The molecule has 0 N–H and O–H groups in total. The van der Waals surface area contributed by atoms with Gasteiger partial charge in [0, 0.05) is 0 Å². The van der Waals surface area contributed by atoms with Crippen molar-refractivity contribution in [3.8, 4) is 0 Å². The second-order valence-corrected chi connectivity index (χ2v) is 1.45. The molecule has 0 aromatic heterocycles. The van der Waals surface area contributed by atoms with E-state index in [1.54, 1.807) is 18.2 Å². The normalized spacial score (nSPS) is 9.12. The molecule has 1 rings (SSSR count). The van der Waals surface area contributed by atoms with Crippen molar-refractivity contribution < 1.29 is 4.39 Å². The lowest BCUT2D eigenvalue weighted by atomic mass is 10.2. The summed E-state index contributed by atoms with van der Waals surface area (Å²) in [4.78, 5) is 0. The van der Waals surface area contributed by atoms with E-state index in [0.717, 1.165) is 0 Å². The van der Waals surface area contributed by atoms with Crippen LogP contribution in [0.2, 0.25) is 0 Å². The van der Waals surface area contributed by atoms with Crippen LogP contribution in [0.25, 0.3) is 0 Å². The van der Waals surface area contributed by atoms with E-state index in [1.165, 1.54) is 0 Å². The first-order chi connectivity index (χ1) is 3.93. The fourth-order valence-corrected chi connectivity index (χ4v) is 0.464. The smallest absolute Gasteiger partial charge is 0.115 e. The zero-order chi connectivity index (χ0) is 5.82. The first-order valence-electron chi connectivity index (χ1n) is 2.36. The highest BCUT2D eigenvalue weighted by Crippen LogP contribution is 1.96. The molecular formula is C7H5F. The lowest BCUT2D eigenvalue weighted by Gasteiger charge is -1.85. The molecular weight excluding hydrogens is 103 g/mol. The predicted molar refractivity (Wildman–Crippen MR) is 28.9 cm³/mol. The van der Waals surface area contributed by atoms with Crippen molar-refractivity contribution in [3.63, 3.8) is 0 Å². The number of hydrogen-bond donors (Lipinski definition) is 0. The molecule has 1 aromatic carbocycles. The molecule has 0 bridgehead atoms. The highest BCUT2D eigenvalue weighted by molar-refractivity contribution is 5.10. The van der Waals surface area contributed by atoms with Gasteiger partial charge in [0.25, 0.3) is 0 Å². The van der Waals surface area contributed by atoms with Crippen LogP contribution < -0.4 is 0 Å². The van der Waals surface area contributed by atoms with E-state index < -0.39 is 6.67 Å². The summed E-state index contributed by atoms with van der Waals surface area (Å²) in [5, 5.41) is 0. The monoisotopic (exact) mass is 108 g/mol. The molecule has 1 heteroatoms. The van der Waals surface area contributed by atoms with Crippen molar-refractivity contribution in [2.24, 2.45) is 0 Å². The van der Waals surface area contributed by atoms with Gasteiger partial charge in [-0.2, -0.15) is 0 Å². The third-order valence-electron chi connectivity index (χ3n) is 0.850. The van der Waals surface area contributed by atoms with Gasteiger partial charge >= 0.3 is 0 Å². The maximum atomic E-state index is 11.7. The lowest BCUT2D eigenvalue weighted by Crippen LogP contribution is -1.73. The molecule has 2 radical (unpaired) electrons. The van der Waals surface area contributed by atoms with Crippen molar-refractivity contribution in [3.05, 3.63) is 35.9 Å². The highest BCUT2D eigenvalue weighted by Gasteiger charge is 1.84. The van der Waals surface area contributed by atoms with Crippen LogP contribution in [0, 0.1) is 12.1 Å². The zero-order valence-corrected chi connectivity index (χ0v) is 4.32. The molecule has 0 saturated heterocycles. The van der Waals surface area contributed by atoms with Crippen LogP contribution in [0.3, 0.4) is 0 Å². The van der Waals surface area contributed by atoms with Crippen LogP contribution in [0.15, 0.2) is 18.2 Å². The Morgan fingerprint density at radius 1 is 1.50 bits per heavy atom. The lowest BCUT2D eigenvalue weighted by molar-refractivity contribution is 0.485. The molecule has 0 nitrogen and oxygen atoms in total. The summed E-state index contributed by atoms with van der Waals surface area (Å²) in [6.45, 7) is -0.447. The Hall–Kier alpha value is -0.850. The molecule has 0 fully saturated rings. The Morgan fingerprint density at radius 3 is 2.75 bits per heavy atom. The van der Waals surface area contributed by atoms with Gasteiger partial charge in [-0.05, 0) is 23.8 Å². The summed E-state index contributed by atoms with van der Waals surface area (Å²) < 4.78 is 11.7. The largest absolute Gasteiger partial charge is 0.246 e. The summed E-state index contributed by atoms with van der Waals surface area (Å²) >= 11 is 0. The fourth-order valence-electron chi connectivity index (χ4n) is 0.464. The molecule has 0 spiro atoms. The van der Waals surface area contributed by atoms with E-state index in [0.29, 0.717) is 5.56 Å². The summed E-state index contributed by atoms with van der Waals surface area (Å²) in [6, 6.07) is 10.4. The van der Waals surface area contributed by atoms with Crippen molar-refractivity contribution >= 4 is 0 Å². The molecule has 0 aliphatic rings. The summed E-state index contributed by atoms with van der Waals surface area (Å²) in [5.74, 6) is 0. The molecule has 0 amide bonds. The average molecular weight is 108 g/mol. The van der Waals surface area contributed by atoms with E-state index in [2.05, 4.69) is 12.1 Å². The van der Waals surface area contributed by atoms with Gasteiger partial charge in [-0.15, -0.1) is 0 Å². The van der Waals surface area contributed by atoms with Gasteiger partial charge in [0.15, 0.2) is 0 Å². The van der Waals surface area contributed by atoms with E-state index in [-0.39, 0.29) is 0 Å². The standard InChI is InChI=1S/C7H5F/c8-6-7-4-2-1-3-5-7/h1-2,5H,6H2. The Morgan fingerprint density at radius 2 is 2.38 bits per heavy atom. The highest BCUT2D eigenvalue weighted by atomic mass is 19.1. The molecule has 0 aliphatic carbocycles. The first-order valence-corrected chi connectivity index (χ1v) is 2.36. The maximum Gasteiger partial charge on any atom is 0.115 e. The topological polar surface area (TPSA) is 0 Å². The summed E-state index contributed by atoms with van der Waals surface area (Å²) in [6.07, 6.45) is 0. The van der Waals surface area contributed by atoms with Gasteiger partial charge in [-0.1, -0.05) is 12.1 Å². The van der Waals surface area contributed by atoms with Crippen LogP contribution in [-0.2, 0) is 6.67 Å². The maximum absolute atomic E-state index is 11.7. The summed E-state index contributed by atoms with van der Waals surface area (Å²) in [7, 11) is 0. The molecule has 8 heavy (non-hydrogen) atoms. The molecule has 0 unspecified atom stereocenters. The van der Waals surface area contributed by atoms with Crippen LogP contribution in [0.4, 0.5) is 4.39 Å². The minimum Gasteiger partial charge on any atom is -0.246 e. The Balaban J connectivity index is 2.83. The predicted octanol–water partition coefficient (Wildman–Crippen LogP) is 1.76. The van der Waals surface area contributed by atoms with Gasteiger partial charge in [-0.25, -0.2) is 4.39 Å². The second kappa shape index (κ2) is 2.46. The van der Waals surface area contributed by atoms with E-state index in [1.807, 2.05) is 0 Å². The third-order valence-corrected chi connectivity index (χ3v) is 0.850. The minimum absolute atomic E-state index is 0.447. The van der Waals surface area contributed by atoms with E-state index >= 15 is 0 Å². The Labute approximate surface area is 48.0 Å². The Kier molecular flexibility index (Phi) is 1.62. The molecule has 40 valence electrons. The van der Waals surface area contributed by atoms with Crippen LogP contribution in [0.5, 0.6) is 0 Å². The van der Waals surface area contributed by atoms with Gasteiger partial charge < -0.3 is 0 Å². The van der Waals surface area contributed by atoms with Crippen molar-refractivity contribution in [1.82, 2.24) is 0 Å². The number of hydrogen-bond acceptors (Lipinski definition) is 0. The van der Waals surface area contributed by atoms with Crippen molar-refractivity contribution in [1.29, 1.82) is 0 Å². The van der Waals surface area contributed by atoms with E-state index in [9.17, 15) is 4.39 Å². The van der Waals surface area contributed by atoms with Crippen molar-refractivity contribution in [2.45, 2.75) is 6.67 Å². The fraction of sp³-hybridized carbons (Fsp3) is 0.143. The summed E-state index contributed by atoms with van der Waals surface area (Å²) in [5.41, 5.74) is 0.563. The van der Waals surface area contributed by atoms with Gasteiger partial charge in [0.1, 0.15) is 6.67 Å². The minimum atomic E-state index is -0.447. The third kappa shape index (κ3) is 1.06. The number of halogens is 1. The average Bonchev–Trinajstić information content (AvgIpc) is 1.90. The molecule has 0 heterocycles. The molecule has 0 saturated carbocycles. The number of benzene rings is 1. The van der Waals surface area contributed by atoms with Crippen molar-refractivity contribution in [2.75, 3.05) is 0 Å². The van der Waals surface area contributed by atoms with Gasteiger partial charge in [-0.3, -0.25) is 0 Å².